The zero-order valence-corrected chi connectivity index (χ0v) is 13.3. The van der Waals surface area contributed by atoms with E-state index in [4.69, 9.17) is 0 Å². The van der Waals surface area contributed by atoms with Crippen LogP contribution in [0.25, 0.3) is 6.08 Å². The predicted octanol–water partition coefficient (Wildman–Crippen LogP) is 0.391. The summed E-state index contributed by atoms with van der Waals surface area (Å²) >= 11 is 0. The molecule has 0 radical (unpaired) electrons. The molecule has 1 aromatic rings. The Morgan fingerprint density at radius 2 is 2.00 bits per heavy atom. The molecule has 0 saturated carbocycles. The van der Waals surface area contributed by atoms with Crippen LogP contribution in [0.3, 0.4) is 0 Å². The number of carbonyl (C=O) groups excluding carboxylic acids is 2. The van der Waals surface area contributed by atoms with Crippen molar-refractivity contribution in [2.75, 3.05) is 7.05 Å². The van der Waals surface area contributed by atoms with Crippen LogP contribution in [0.2, 0.25) is 0 Å². The molecule has 23 heavy (non-hydrogen) atoms. The van der Waals surface area contributed by atoms with E-state index >= 15 is 0 Å². The van der Waals surface area contributed by atoms with E-state index in [-0.39, 0.29) is 35.9 Å². The van der Waals surface area contributed by atoms with E-state index < -0.39 is 0 Å². The summed E-state index contributed by atoms with van der Waals surface area (Å²) in [6.45, 7) is 2.03. The van der Waals surface area contributed by atoms with Crippen LogP contribution in [-0.4, -0.2) is 31.1 Å². The van der Waals surface area contributed by atoms with Gasteiger partial charge in [0.15, 0.2) is 0 Å². The number of hydrogen-bond donors (Lipinski definition) is 4. The van der Waals surface area contributed by atoms with Gasteiger partial charge in [0.25, 0.3) is 0 Å². The van der Waals surface area contributed by atoms with Crippen LogP contribution in [0.5, 0.6) is 0 Å². The van der Waals surface area contributed by atoms with E-state index in [1.807, 2.05) is 37.3 Å². The molecule has 2 fully saturated rings. The summed E-state index contributed by atoms with van der Waals surface area (Å²) in [5.41, 5.74) is 8.26. The van der Waals surface area contributed by atoms with Gasteiger partial charge in [-0.1, -0.05) is 42.0 Å². The minimum atomic E-state index is -0.366. The number of nitrogens with one attached hydrogen (secondary N) is 4. The standard InChI is InChI=1S/C17H22N4O2/c1-10(8-11-6-4-3-5-7-11)12-9-13(22)19-16-14(12)15(20-21-16)17(23)18-2/h3-8,12,14-16,20-21H,9H2,1-2H3,(H,18,23)(H,19,22)/b10-8+. The minimum absolute atomic E-state index is 0.00363. The average molecular weight is 314 g/mol. The molecule has 0 aliphatic carbocycles. The van der Waals surface area contributed by atoms with Crippen molar-refractivity contribution in [2.24, 2.45) is 11.8 Å². The molecule has 4 N–H and O–H groups in total. The smallest absolute Gasteiger partial charge is 0.238 e. The van der Waals surface area contributed by atoms with Crippen molar-refractivity contribution < 1.29 is 9.59 Å². The number of hydrazine groups is 1. The summed E-state index contributed by atoms with van der Waals surface area (Å²) < 4.78 is 0. The summed E-state index contributed by atoms with van der Waals surface area (Å²) in [7, 11) is 1.63. The highest BCUT2D eigenvalue weighted by molar-refractivity contribution is 5.84. The Bertz CT molecular complexity index is 629. The topological polar surface area (TPSA) is 82.3 Å². The molecule has 6 nitrogen and oxygen atoms in total. The van der Waals surface area contributed by atoms with Crippen LogP contribution in [0, 0.1) is 11.8 Å². The Kier molecular flexibility index (Phi) is 4.45. The zero-order chi connectivity index (χ0) is 16.4. The van der Waals surface area contributed by atoms with Crippen molar-refractivity contribution in [3.8, 4) is 0 Å². The summed E-state index contributed by atoms with van der Waals surface area (Å²) in [4.78, 5) is 24.1. The van der Waals surface area contributed by atoms with Gasteiger partial charge < -0.3 is 10.6 Å². The van der Waals surface area contributed by atoms with E-state index in [0.29, 0.717) is 6.42 Å². The number of likely N-dealkylation sites (N-methyl/N-ethyl adjacent to an activating group) is 1. The van der Waals surface area contributed by atoms with E-state index in [1.54, 1.807) is 7.05 Å². The molecule has 2 aliphatic heterocycles. The molecule has 122 valence electrons. The Labute approximate surface area is 135 Å². The summed E-state index contributed by atoms with van der Waals surface area (Å²) in [6, 6.07) is 9.65. The van der Waals surface area contributed by atoms with Crippen LogP contribution in [0.1, 0.15) is 18.9 Å². The van der Waals surface area contributed by atoms with Crippen molar-refractivity contribution in [1.29, 1.82) is 0 Å². The van der Waals surface area contributed by atoms with Crippen molar-refractivity contribution in [3.05, 3.63) is 41.5 Å². The maximum atomic E-state index is 12.1. The largest absolute Gasteiger partial charge is 0.358 e. The van der Waals surface area contributed by atoms with Gasteiger partial charge >= 0.3 is 0 Å². The first-order chi connectivity index (χ1) is 11.1. The van der Waals surface area contributed by atoms with Gasteiger partial charge in [0.2, 0.25) is 11.8 Å². The number of amides is 2. The Morgan fingerprint density at radius 3 is 2.70 bits per heavy atom. The number of piperidine rings is 1. The van der Waals surface area contributed by atoms with Crippen molar-refractivity contribution in [3.63, 3.8) is 0 Å². The van der Waals surface area contributed by atoms with Crippen LogP contribution in [-0.2, 0) is 9.59 Å². The highest BCUT2D eigenvalue weighted by atomic mass is 16.2. The van der Waals surface area contributed by atoms with E-state index in [9.17, 15) is 9.59 Å². The first-order valence-electron chi connectivity index (χ1n) is 7.85. The quantitative estimate of drug-likeness (QED) is 0.650. The fourth-order valence-electron chi connectivity index (χ4n) is 3.51. The molecular weight excluding hydrogens is 292 g/mol. The first-order valence-corrected chi connectivity index (χ1v) is 7.85. The Balaban J connectivity index is 1.89. The number of carbonyl (C=O) groups is 2. The van der Waals surface area contributed by atoms with Crippen LogP contribution in [0.4, 0.5) is 0 Å². The maximum Gasteiger partial charge on any atom is 0.238 e. The molecule has 2 saturated heterocycles. The molecule has 2 heterocycles. The zero-order valence-electron chi connectivity index (χ0n) is 13.3. The number of rotatable bonds is 3. The number of allylic oxidation sites excluding steroid dienone is 1. The molecule has 0 bridgehead atoms. The predicted molar refractivity (Wildman–Crippen MR) is 87.7 cm³/mol. The van der Waals surface area contributed by atoms with Gasteiger partial charge in [-0.2, -0.15) is 0 Å². The third-order valence-electron chi connectivity index (χ3n) is 4.66. The van der Waals surface area contributed by atoms with Crippen LogP contribution < -0.4 is 21.5 Å². The fraction of sp³-hybridized carbons (Fsp3) is 0.412. The molecule has 1 aromatic carbocycles. The van der Waals surface area contributed by atoms with E-state index in [0.717, 1.165) is 11.1 Å². The van der Waals surface area contributed by atoms with Crippen LogP contribution >= 0.6 is 0 Å². The summed E-state index contributed by atoms with van der Waals surface area (Å²) in [5, 5.41) is 5.60. The van der Waals surface area contributed by atoms with Gasteiger partial charge in [-0.25, -0.2) is 10.9 Å². The number of hydrogen-bond acceptors (Lipinski definition) is 4. The van der Waals surface area contributed by atoms with Crippen molar-refractivity contribution in [1.82, 2.24) is 21.5 Å². The number of fused-ring (bicyclic) bond motifs is 1. The lowest BCUT2D eigenvalue weighted by Gasteiger charge is -2.35. The second-order valence-corrected chi connectivity index (χ2v) is 6.11. The molecule has 4 unspecified atom stereocenters. The molecule has 2 aliphatic rings. The lowest BCUT2D eigenvalue weighted by atomic mass is 9.75. The summed E-state index contributed by atoms with van der Waals surface area (Å²) in [5.74, 6) is -0.0750. The molecular formula is C17H22N4O2. The lowest BCUT2D eigenvalue weighted by Crippen LogP contribution is -2.54. The third kappa shape index (κ3) is 3.13. The number of benzene rings is 1. The summed E-state index contributed by atoms with van der Waals surface area (Å²) in [6.07, 6.45) is 2.26. The third-order valence-corrected chi connectivity index (χ3v) is 4.66. The highest BCUT2D eigenvalue weighted by Crippen LogP contribution is 2.35. The van der Waals surface area contributed by atoms with Gasteiger partial charge in [0.05, 0.1) is 6.17 Å². The van der Waals surface area contributed by atoms with Crippen molar-refractivity contribution >= 4 is 17.9 Å². The molecule has 3 rings (SSSR count). The Morgan fingerprint density at radius 1 is 1.26 bits per heavy atom. The molecule has 4 atom stereocenters. The van der Waals surface area contributed by atoms with E-state index in [1.165, 1.54) is 0 Å². The first kappa shape index (κ1) is 15.7. The van der Waals surface area contributed by atoms with Crippen molar-refractivity contribution in [2.45, 2.75) is 25.6 Å². The van der Waals surface area contributed by atoms with Gasteiger partial charge in [-0.15, -0.1) is 0 Å². The maximum absolute atomic E-state index is 12.1. The van der Waals surface area contributed by atoms with Gasteiger partial charge in [0, 0.05) is 19.4 Å². The van der Waals surface area contributed by atoms with Gasteiger partial charge in [-0.05, 0) is 18.4 Å². The van der Waals surface area contributed by atoms with Crippen LogP contribution in [0.15, 0.2) is 35.9 Å². The highest BCUT2D eigenvalue weighted by Gasteiger charge is 2.48. The SMILES string of the molecule is CNC(=O)C1NNC2NC(=O)CC(/C(C)=C/c3ccccc3)C21. The molecule has 0 aromatic heterocycles. The minimum Gasteiger partial charge on any atom is -0.358 e. The van der Waals surface area contributed by atoms with Gasteiger partial charge in [0.1, 0.15) is 6.04 Å². The molecule has 6 heteroatoms. The second-order valence-electron chi connectivity index (χ2n) is 6.11. The normalized spacial score (nSPS) is 30.5. The molecule has 2 amide bonds. The second kappa shape index (κ2) is 6.52. The lowest BCUT2D eigenvalue weighted by molar-refractivity contribution is -0.128. The fourth-order valence-corrected chi connectivity index (χ4v) is 3.51. The van der Waals surface area contributed by atoms with Gasteiger partial charge in [-0.3, -0.25) is 9.59 Å². The molecule has 0 spiro atoms. The Hall–Kier alpha value is -2.18. The average Bonchev–Trinajstić information content (AvgIpc) is 2.97. The monoisotopic (exact) mass is 314 g/mol. The van der Waals surface area contributed by atoms with E-state index in [2.05, 4.69) is 27.6 Å².